The number of carboxylic acids is 1. The van der Waals surface area contributed by atoms with Crippen LogP contribution in [0, 0.1) is 5.41 Å². The normalized spacial score (nSPS) is 17.0. The Hall–Kier alpha value is -3.91. The van der Waals surface area contributed by atoms with Crippen LogP contribution >= 0.6 is 12.4 Å². The fraction of sp³-hybridized carbons (Fsp3) is 0.394. The van der Waals surface area contributed by atoms with E-state index in [2.05, 4.69) is 43.6 Å². The number of allylic oxidation sites excluding steroid dienone is 9. The third-order valence-corrected chi connectivity index (χ3v) is 7.28. The second kappa shape index (κ2) is 15.9. The first-order valence-electron chi connectivity index (χ1n) is 13.8. The lowest BCUT2D eigenvalue weighted by Crippen LogP contribution is -2.51. The lowest BCUT2D eigenvalue weighted by Gasteiger charge is -2.32. The van der Waals surface area contributed by atoms with E-state index < -0.39 is 23.3 Å². The molecule has 8 nitrogen and oxygen atoms in total. The van der Waals surface area contributed by atoms with Gasteiger partial charge in [0.05, 0.1) is 0 Å². The molecule has 0 saturated heterocycles. The summed E-state index contributed by atoms with van der Waals surface area (Å²) in [7, 11) is 0. The van der Waals surface area contributed by atoms with Crippen molar-refractivity contribution >= 4 is 41.8 Å². The van der Waals surface area contributed by atoms with E-state index in [9.17, 15) is 24.3 Å². The van der Waals surface area contributed by atoms with Gasteiger partial charge in [0.2, 0.25) is 17.7 Å². The maximum atomic E-state index is 12.5. The van der Waals surface area contributed by atoms with E-state index >= 15 is 0 Å². The lowest BCUT2D eigenvalue weighted by atomic mass is 9.72. The van der Waals surface area contributed by atoms with Gasteiger partial charge in [0.1, 0.15) is 0 Å². The Morgan fingerprint density at radius 1 is 1.05 bits per heavy atom. The van der Waals surface area contributed by atoms with Gasteiger partial charge in [-0.1, -0.05) is 67.5 Å². The summed E-state index contributed by atoms with van der Waals surface area (Å²) in [5.74, 6) is -2.91. The van der Waals surface area contributed by atoms with Gasteiger partial charge in [-0.2, -0.15) is 0 Å². The molecule has 1 aromatic carbocycles. The van der Waals surface area contributed by atoms with Crippen LogP contribution in [0.5, 0.6) is 0 Å². The van der Waals surface area contributed by atoms with Crippen molar-refractivity contribution in [2.24, 2.45) is 11.1 Å². The van der Waals surface area contributed by atoms with Crippen LogP contribution in [0.3, 0.4) is 0 Å². The minimum atomic E-state index is -1.83. The molecule has 1 aliphatic carbocycles. The average Bonchev–Trinajstić information content (AvgIpc) is 2.85. The SMILES string of the molecule is CC(=O)NC(CCC(N)=O)(C(=O)O)c1ccc(NC(=O)C=C(C)C=CC=C(C)C=CC2=C(C)CCCC2(C)C)cc1.Cl. The van der Waals surface area contributed by atoms with Crippen LogP contribution in [0.1, 0.15) is 79.2 Å². The zero-order valence-electron chi connectivity index (χ0n) is 25.4. The molecule has 9 heteroatoms. The molecule has 228 valence electrons. The Bertz CT molecular complexity index is 1320. The zero-order chi connectivity index (χ0) is 30.8. The Labute approximate surface area is 255 Å². The molecule has 0 saturated carbocycles. The fourth-order valence-corrected chi connectivity index (χ4v) is 5.08. The first kappa shape index (κ1) is 36.1. The summed E-state index contributed by atoms with van der Waals surface area (Å²) in [6.07, 6.45) is 14.7. The predicted molar refractivity (Wildman–Crippen MR) is 170 cm³/mol. The van der Waals surface area contributed by atoms with Crippen molar-refractivity contribution in [1.29, 1.82) is 0 Å². The van der Waals surface area contributed by atoms with Gasteiger partial charge < -0.3 is 21.5 Å². The number of primary amides is 1. The standard InChI is InChI=1S/C33H43N3O5.ClH/c1-22(12-17-28-24(3)11-8-19-32(28,5)6)9-7-10-23(2)21-30(39)35-27-15-13-26(14-16-27)33(31(40)41,36-25(4)37)20-18-29(34)38;/h7,9-10,12-17,21H,8,11,18-20H2,1-6H3,(H2,34,38)(H,35,39)(H,36,37)(H,40,41);1H. The van der Waals surface area contributed by atoms with Crippen molar-refractivity contribution < 1.29 is 24.3 Å². The molecule has 0 bridgehead atoms. The number of hydrogen-bond acceptors (Lipinski definition) is 4. The number of anilines is 1. The summed E-state index contributed by atoms with van der Waals surface area (Å²) in [6.45, 7) is 11.9. The first-order valence-corrected chi connectivity index (χ1v) is 13.8. The number of benzene rings is 1. The third-order valence-electron chi connectivity index (χ3n) is 7.28. The number of carbonyl (C=O) groups is 4. The van der Waals surface area contributed by atoms with Crippen LogP contribution in [0.15, 0.2) is 83.0 Å². The number of aliphatic carboxylic acids is 1. The Morgan fingerprint density at radius 3 is 2.24 bits per heavy atom. The number of halogens is 1. The van der Waals surface area contributed by atoms with Crippen LogP contribution in [-0.4, -0.2) is 28.8 Å². The number of rotatable bonds is 12. The van der Waals surface area contributed by atoms with Gasteiger partial charge in [-0.15, -0.1) is 12.4 Å². The van der Waals surface area contributed by atoms with E-state index in [1.54, 1.807) is 12.1 Å². The highest BCUT2D eigenvalue weighted by Gasteiger charge is 2.41. The van der Waals surface area contributed by atoms with Gasteiger partial charge in [-0.3, -0.25) is 14.4 Å². The minimum Gasteiger partial charge on any atom is -0.479 e. The summed E-state index contributed by atoms with van der Waals surface area (Å²) >= 11 is 0. The second-order valence-corrected chi connectivity index (χ2v) is 11.3. The molecule has 0 aromatic heterocycles. The molecule has 0 fully saturated rings. The maximum Gasteiger partial charge on any atom is 0.334 e. The number of nitrogens with one attached hydrogen (secondary N) is 2. The van der Waals surface area contributed by atoms with Gasteiger partial charge in [0, 0.05) is 25.1 Å². The van der Waals surface area contributed by atoms with E-state index in [-0.39, 0.29) is 42.1 Å². The van der Waals surface area contributed by atoms with Crippen molar-refractivity contribution in [1.82, 2.24) is 5.32 Å². The Balaban J connectivity index is 0.00000882. The zero-order valence-corrected chi connectivity index (χ0v) is 26.2. The van der Waals surface area contributed by atoms with Crippen LogP contribution in [0.4, 0.5) is 5.69 Å². The van der Waals surface area contributed by atoms with Gasteiger partial charge >= 0.3 is 5.97 Å². The lowest BCUT2D eigenvalue weighted by molar-refractivity contribution is -0.148. The number of nitrogens with two attached hydrogens (primary N) is 1. The van der Waals surface area contributed by atoms with Gasteiger partial charge in [-0.05, 0) is 80.7 Å². The minimum absolute atomic E-state index is 0. The molecule has 0 spiro atoms. The number of carbonyl (C=O) groups excluding carboxylic acids is 3. The van der Waals surface area contributed by atoms with Crippen molar-refractivity contribution in [3.05, 3.63) is 88.6 Å². The van der Waals surface area contributed by atoms with Crippen LogP contribution in [-0.2, 0) is 24.7 Å². The molecular formula is C33H44ClN3O5. The van der Waals surface area contributed by atoms with Crippen LogP contribution in [0.2, 0.25) is 0 Å². The van der Waals surface area contributed by atoms with Crippen molar-refractivity contribution in [3.8, 4) is 0 Å². The average molecular weight is 598 g/mol. The van der Waals surface area contributed by atoms with Crippen molar-refractivity contribution in [3.63, 3.8) is 0 Å². The first-order chi connectivity index (χ1) is 19.2. The summed E-state index contributed by atoms with van der Waals surface area (Å²) in [6, 6.07) is 6.06. The van der Waals surface area contributed by atoms with E-state index in [4.69, 9.17) is 5.73 Å². The highest BCUT2D eigenvalue weighted by atomic mass is 35.5. The van der Waals surface area contributed by atoms with E-state index in [1.165, 1.54) is 49.1 Å². The van der Waals surface area contributed by atoms with Crippen LogP contribution < -0.4 is 16.4 Å². The molecule has 0 radical (unpaired) electrons. The van der Waals surface area contributed by atoms with Crippen LogP contribution in [0.25, 0.3) is 0 Å². The molecule has 2 rings (SSSR count). The van der Waals surface area contributed by atoms with Crippen molar-refractivity contribution in [2.75, 3.05) is 5.32 Å². The number of hydrogen-bond donors (Lipinski definition) is 4. The summed E-state index contributed by atoms with van der Waals surface area (Å²) in [4.78, 5) is 47.8. The fourth-order valence-electron chi connectivity index (χ4n) is 5.08. The third kappa shape index (κ3) is 10.5. The molecule has 0 aliphatic heterocycles. The molecule has 5 N–H and O–H groups in total. The molecule has 1 aromatic rings. The summed E-state index contributed by atoms with van der Waals surface area (Å²) in [5, 5.41) is 15.1. The van der Waals surface area contributed by atoms with Crippen molar-refractivity contribution in [2.45, 2.75) is 79.2 Å². The van der Waals surface area contributed by atoms with Gasteiger partial charge in [0.25, 0.3) is 0 Å². The summed E-state index contributed by atoms with van der Waals surface area (Å²) < 4.78 is 0. The molecular weight excluding hydrogens is 554 g/mol. The van der Waals surface area contributed by atoms with Gasteiger partial charge in [0.15, 0.2) is 5.54 Å². The quantitative estimate of drug-likeness (QED) is 0.166. The highest BCUT2D eigenvalue weighted by molar-refractivity contribution is 6.00. The summed E-state index contributed by atoms with van der Waals surface area (Å²) in [5.41, 5.74) is 9.01. The largest absolute Gasteiger partial charge is 0.479 e. The Morgan fingerprint density at radius 2 is 1.69 bits per heavy atom. The molecule has 42 heavy (non-hydrogen) atoms. The highest BCUT2D eigenvalue weighted by Crippen LogP contribution is 2.40. The van der Waals surface area contributed by atoms with E-state index in [1.807, 2.05) is 32.1 Å². The molecule has 1 unspecified atom stereocenters. The molecule has 1 aliphatic rings. The monoisotopic (exact) mass is 597 g/mol. The Kier molecular flexibility index (Phi) is 13.7. The number of amides is 3. The predicted octanol–water partition coefficient (Wildman–Crippen LogP) is 6.26. The van der Waals surface area contributed by atoms with E-state index in [0.717, 1.165) is 17.6 Å². The number of carboxylic acid groups (broad SMARTS) is 1. The maximum absolute atomic E-state index is 12.5. The topological polar surface area (TPSA) is 139 Å². The molecule has 1 atom stereocenters. The molecule has 3 amide bonds. The van der Waals surface area contributed by atoms with E-state index in [0.29, 0.717) is 5.69 Å². The van der Waals surface area contributed by atoms with Gasteiger partial charge in [-0.25, -0.2) is 4.79 Å². The second-order valence-electron chi connectivity index (χ2n) is 11.3. The molecule has 0 heterocycles. The smallest absolute Gasteiger partial charge is 0.334 e.